The van der Waals surface area contributed by atoms with E-state index in [2.05, 4.69) is 9.97 Å². The lowest BCUT2D eigenvalue weighted by atomic mass is 10.3. The summed E-state index contributed by atoms with van der Waals surface area (Å²) in [5.41, 5.74) is 2.33. The lowest BCUT2D eigenvalue weighted by Crippen LogP contribution is -1.83. The van der Waals surface area contributed by atoms with E-state index >= 15 is 0 Å². The van der Waals surface area contributed by atoms with Crippen molar-refractivity contribution in [3.63, 3.8) is 0 Å². The topological polar surface area (TPSA) is 25.8 Å². The monoisotopic (exact) mass is 180 g/mol. The molecule has 0 aliphatic heterocycles. The lowest BCUT2D eigenvalue weighted by molar-refractivity contribution is 0.585. The molecule has 0 aromatic carbocycles. The average Bonchev–Trinajstić information content (AvgIpc) is 2.56. The van der Waals surface area contributed by atoms with Crippen molar-refractivity contribution in [1.82, 2.24) is 9.97 Å². The third-order valence-electron chi connectivity index (χ3n) is 1.40. The first-order valence-electron chi connectivity index (χ1n) is 3.38. The third-order valence-corrected chi connectivity index (χ3v) is 2.20. The molecule has 0 saturated heterocycles. The Morgan fingerprint density at radius 3 is 2.92 bits per heavy atom. The van der Waals surface area contributed by atoms with Gasteiger partial charge in [0, 0.05) is 6.20 Å². The molecule has 0 bridgehead atoms. The molecule has 0 unspecified atom stereocenters. The maximum absolute atomic E-state index is 12.6. The number of halogens is 1. The summed E-state index contributed by atoms with van der Waals surface area (Å²) in [5, 5.41) is 0. The molecule has 0 radical (unpaired) electrons. The van der Waals surface area contributed by atoms with Gasteiger partial charge in [-0.3, -0.25) is 4.98 Å². The molecule has 0 fully saturated rings. The number of nitrogens with zero attached hydrogens (tertiary/aromatic N) is 2. The van der Waals surface area contributed by atoms with Crippen molar-refractivity contribution in [3.8, 4) is 10.6 Å². The number of hydrogen-bond acceptors (Lipinski definition) is 3. The van der Waals surface area contributed by atoms with Gasteiger partial charge >= 0.3 is 0 Å². The Labute approximate surface area is 72.7 Å². The minimum Gasteiger partial charge on any atom is -0.252 e. The molecule has 0 atom stereocenters. The molecule has 2 aromatic rings. The van der Waals surface area contributed by atoms with Gasteiger partial charge in [-0.1, -0.05) is 6.07 Å². The van der Waals surface area contributed by atoms with E-state index in [0.717, 1.165) is 4.88 Å². The van der Waals surface area contributed by atoms with Crippen molar-refractivity contribution < 1.29 is 4.39 Å². The second-order valence-corrected chi connectivity index (χ2v) is 3.10. The predicted octanol–water partition coefficient (Wildman–Crippen LogP) is 2.34. The highest BCUT2D eigenvalue weighted by atomic mass is 32.1. The van der Waals surface area contributed by atoms with Gasteiger partial charge in [-0.2, -0.15) is 4.39 Å². The van der Waals surface area contributed by atoms with Crippen LogP contribution in [-0.4, -0.2) is 9.97 Å². The highest BCUT2D eigenvalue weighted by Gasteiger charge is 2.00. The Kier molecular flexibility index (Phi) is 1.83. The van der Waals surface area contributed by atoms with Gasteiger partial charge in [-0.15, -0.1) is 11.3 Å². The van der Waals surface area contributed by atoms with Crippen LogP contribution >= 0.6 is 11.3 Å². The summed E-state index contributed by atoms with van der Waals surface area (Å²) in [6, 6.07) is 4.72. The first kappa shape index (κ1) is 7.36. The maximum atomic E-state index is 12.6. The van der Waals surface area contributed by atoms with Gasteiger partial charge in [0.15, 0.2) is 0 Å². The second kappa shape index (κ2) is 2.98. The van der Waals surface area contributed by atoms with Crippen LogP contribution in [0.15, 0.2) is 29.9 Å². The zero-order valence-electron chi connectivity index (χ0n) is 6.07. The van der Waals surface area contributed by atoms with Crippen molar-refractivity contribution in [2.75, 3.05) is 0 Å². The van der Waals surface area contributed by atoms with E-state index in [1.54, 1.807) is 23.8 Å². The van der Waals surface area contributed by atoms with Crippen LogP contribution in [0.3, 0.4) is 0 Å². The normalized spacial score (nSPS) is 10.1. The molecule has 60 valence electrons. The average molecular weight is 180 g/mol. The quantitative estimate of drug-likeness (QED) is 0.629. The molecule has 0 spiro atoms. The summed E-state index contributed by atoms with van der Waals surface area (Å²) >= 11 is 1.44. The summed E-state index contributed by atoms with van der Waals surface area (Å²) in [6.07, 6.45) is 1.67. The van der Waals surface area contributed by atoms with Gasteiger partial charge in [0.05, 0.1) is 16.1 Å². The Bertz CT molecular complexity index is 372. The summed E-state index contributed by atoms with van der Waals surface area (Å²) in [7, 11) is 0. The Hall–Kier alpha value is -1.29. The third kappa shape index (κ3) is 1.33. The molecule has 0 aliphatic rings. The van der Waals surface area contributed by atoms with E-state index in [1.807, 2.05) is 0 Å². The first-order chi connectivity index (χ1) is 5.86. The molecule has 0 aliphatic carbocycles. The molecule has 4 heteroatoms. The smallest absolute Gasteiger partial charge is 0.213 e. The standard InChI is InChI=1S/C8H5FN2S/c9-8-3-1-2-6(11-8)7-4-10-5-12-7/h1-5H. The van der Waals surface area contributed by atoms with Crippen LogP contribution in [0.25, 0.3) is 10.6 Å². The van der Waals surface area contributed by atoms with Crippen LogP contribution in [0, 0.1) is 5.95 Å². The maximum Gasteiger partial charge on any atom is 0.213 e. The Morgan fingerprint density at radius 2 is 2.25 bits per heavy atom. The van der Waals surface area contributed by atoms with Crippen LogP contribution < -0.4 is 0 Å². The highest BCUT2D eigenvalue weighted by Crippen LogP contribution is 2.20. The van der Waals surface area contributed by atoms with Gasteiger partial charge < -0.3 is 0 Å². The largest absolute Gasteiger partial charge is 0.252 e. The Balaban J connectivity index is 2.48. The van der Waals surface area contributed by atoms with E-state index in [-0.39, 0.29) is 0 Å². The minimum atomic E-state index is -0.457. The van der Waals surface area contributed by atoms with E-state index in [4.69, 9.17) is 0 Å². The van der Waals surface area contributed by atoms with Crippen molar-refractivity contribution in [2.45, 2.75) is 0 Å². The summed E-state index contributed by atoms with van der Waals surface area (Å²) in [5.74, 6) is -0.457. The zero-order chi connectivity index (χ0) is 8.39. The summed E-state index contributed by atoms with van der Waals surface area (Å²) in [6.45, 7) is 0. The van der Waals surface area contributed by atoms with Crippen LogP contribution in [0.4, 0.5) is 4.39 Å². The van der Waals surface area contributed by atoms with Crippen LogP contribution in [0.1, 0.15) is 0 Å². The number of pyridine rings is 1. The van der Waals surface area contributed by atoms with Crippen molar-refractivity contribution >= 4 is 11.3 Å². The first-order valence-corrected chi connectivity index (χ1v) is 4.25. The Morgan fingerprint density at radius 1 is 1.33 bits per heavy atom. The van der Waals surface area contributed by atoms with Gasteiger partial charge in [0.2, 0.25) is 5.95 Å². The van der Waals surface area contributed by atoms with E-state index < -0.39 is 5.95 Å². The van der Waals surface area contributed by atoms with E-state index in [1.165, 1.54) is 17.4 Å². The molecule has 0 amide bonds. The number of thiazole rings is 1. The fraction of sp³-hybridized carbons (Fsp3) is 0. The van der Waals surface area contributed by atoms with E-state index in [9.17, 15) is 4.39 Å². The summed E-state index contributed by atoms with van der Waals surface area (Å²) < 4.78 is 12.6. The molecule has 0 N–H and O–H groups in total. The molecular formula is C8H5FN2S. The number of aromatic nitrogens is 2. The number of hydrogen-bond donors (Lipinski definition) is 0. The van der Waals surface area contributed by atoms with E-state index in [0.29, 0.717) is 5.69 Å². The molecule has 2 aromatic heterocycles. The minimum absolute atomic E-state index is 0.457. The second-order valence-electron chi connectivity index (χ2n) is 2.21. The van der Waals surface area contributed by atoms with Crippen molar-refractivity contribution in [3.05, 3.63) is 35.9 Å². The molecule has 12 heavy (non-hydrogen) atoms. The highest BCUT2D eigenvalue weighted by molar-refractivity contribution is 7.13. The molecular weight excluding hydrogens is 175 g/mol. The predicted molar refractivity (Wildman–Crippen MR) is 45.3 cm³/mol. The van der Waals surface area contributed by atoms with Crippen LogP contribution in [-0.2, 0) is 0 Å². The van der Waals surface area contributed by atoms with Gasteiger partial charge in [0.1, 0.15) is 0 Å². The fourth-order valence-electron chi connectivity index (χ4n) is 0.888. The number of rotatable bonds is 1. The van der Waals surface area contributed by atoms with Crippen molar-refractivity contribution in [1.29, 1.82) is 0 Å². The van der Waals surface area contributed by atoms with Crippen LogP contribution in [0.2, 0.25) is 0 Å². The molecule has 2 rings (SSSR count). The zero-order valence-corrected chi connectivity index (χ0v) is 6.88. The SMILES string of the molecule is Fc1cccc(-c2cncs2)n1. The van der Waals surface area contributed by atoms with Gasteiger partial charge in [0.25, 0.3) is 0 Å². The van der Waals surface area contributed by atoms with Gasteiger partial charge in [-0.25, -0.2) is 4.98 Å². The summed E-state index contributed by atoms with van der Waals surface area (Å²) in [4.78, 5) is 8.49. The van der Waals surface area contributed by atoms with Crippen molar-refractivity contribution in [2.24, 2.45) is 0 Å². The fourth-order valence-corrected chi connectivity index (χ4v) is 1.48. The van der Waals surface area contributed by atoms with Gasteiger partial charge in [-0.05, 0) is 12.1 Å². The lowest BCUT2D eigenvalue weighted by Gasteiger charge is -1.93. The molecule has 0 saturated carbocycles. The van der Waals surface area contributed by atoms with Crippen LogP contribution in [0.5, 0.6) is 0 Å². The molecule has 2 heterocycles. The molecule has 2 nitrogen and oxygen atoms in total.